The van der Waals surface area contributed by atoms with Crippen LogP contribution in [0.2, 0.25) is 0 Å². The molecular formula is C13H15ClN2O2. The number of aromatic nitrogens is 1. The molecule has 5 heteroatoms. The average molecular weight is 267 g/mol. The zero-order valence-corrected chi connectivity index (χ0v) is 11.1. The van der Waals surface area contributed by atoms with Gasteiger partial charge in [-0.25, -0.2) is 4.79 Å². The van der Waals surface area contributed by atoms with E-state index in [1.54, 1.807) is 6.07 Å². The maximum atomic E-state index is 10.9. The number of hydrogen-bond donors (Lipinski definition) is 1. The van der Waals surface area contributed by atoms with Crippen LogP contribution in [-0.4, -0.2) is 36.0 Å². The minimum Gasteiger partial charge on any atom is -0.414 e. The van der Waals surface area contributed by atoms with Gasteiger partial charge in [-0.15, -0.1) is 0 Å². The number of carbonyl (C=O) groups is 1. The Morgan fingerprint density at radius 3 is 2.89 bits per heavy atom. The first-order chi connectivity index (χ1) is 8.58. The number of nitrogens with one attached hydrogen (secondary N) is 1. The van der Waals surface area contributed by atoms with E-state index in [4.69, 9.17) is 16.3 Å². The summed E-state index contributed by atoms with van der Waals surface area (Å²) in [5.74, 6) is 0.502. The molecule has 1 heterocycles. The molecule has 96 valence electrons. The Bertz CT molecular complexity index is 563. The number of likely N-dealkylation sites (N-methyl/N-ethyl adjacent to an activating group) is 1. The van der Waals surface area contributed by atoms with Gasteiger partial charge < -0.3 is 14.6 Å². The van der Waals surface area contributed by atoms with Crippen LogP contribution in [0.4, 0.5) is 4.79 Å². The summed E-state index contributed by atoms with van der Waals surface area (Å²) in [6.45, 7) is 0.927. The molecule has 1 aromatic heterocycles. The summed E-state index contributed by atoms with van der Waals surface area (Å²) in [5.41, 5.74) is 1.24. The van der Waals surface area contributed by atoms with Crippen LogP contribution < -0.4 is 4.74 Å². The Hall–Kier alpha value is -1.52. The summed E-state index contributed by atoms with van der Waals surface area (Å²) in [5, 5.41) is 0.924. The maximum Gasteiger partial charge on any atom is 0.409 e. The van der Waals surface area contributed by atoms with E-state index in [1.807, 2.05) is 32.4 Å². The zero-order valence-electron chi connectivity index (χ0n) is 10.4. The molecular weight excluding hydrogens is 252 g/mol. The number of fused-ring (bicyclic) bond motifs is 1. The second kappa shape index (κ2) is 5.42. The number of ether oxygens (including phenoxy) is 1. The monoisotopic (exact) mass is 266 g/mol. The van der Waals surface area contributed by atoms with Gasteiger partial charge in [0.1, 0.15) is 5.75 Å². The third-order valence-corrected chi connectivity index (χ3v) is 2.84. The average Bonchev–Trinajstić information content (AvgIpc) is 2.70. The van der Waals surface area contributed by atoms with E-state index in [0.717, 1.165) is 29.4 Å². The number of halogens is 1. The van der Waals surface area contributed by atoms with Crippen molar-refractivity contribution in [3.8, 4) is 5.75 Å². The van der Waals surface area contributed by atoms with E-state index in [2.05, 4.69) is 9.88 Å². The summed E-state index contributed by atoms with van der Waals surface area (Å²) >= 11 is 5.28. The third kappa shape index (κ3) is 2.83. The largest absolute Gasteiger partial charge is 0.414 e. The molecule has 0 amide bonds. The van der Waals surface area contributed by atoms with Gasteiger partial charge in [0, 0.05) is 35.2 Å². The summed E-state index contributed by atoms with van der Waals surface area (Å²) in [4.78, 5) is 16.2. The highest BCUT2D eigenvalue weighted by Crippen LogP contribution is 2.29. The molecule has 0 spiro atoms. The van der Waals surface area contributed by atoms with Crippen molar-refractivity contribution >= 4 is 27.9 Å². The van der Waals surface area contributed by atoms with Gasteiger partial charge in [0.05, 0.1) is 0 Å². The fraction of sp³-hybridized carbons (Fsp3) is 0.308. The lowest BCUT2D eigenvalue weighted by atomic mass is 10.1. The lowest BCUT2D eigenvalue weighted by Gasteiger charge is -2.09. The fourth-order valence-electron chi connectivity index (χ4n) is 1.93. The molecule has 18 heavy (non-hydrogen) atoms. The molecule has 0 radical (unpaired) electrons. The van der Waals surface area contributed by atoms with Crippen LogP contribution in [0.5, 0.6) is 5.75 Å². The molecule has 1 N–H and O–H groups in total. The molecule has 0 saturated heterocycles. The molecule has 0 fully saturated rings. The molecule has 0 unspecified atom stereocenters. The van der Waals surface area contributed by atoms with Crippen molar-refractivity contribution in [2.45, 2.75) is 6.42 Å². The first kappa shape index (κ1) is 12.9. The van der Waals surface area contributed by atoms with Crippen LogP contribution in [0.3, 0.4) is 0 Å². The number of nitrogens with zero attached hydrogens (tertiary/aromatic N) is 1. The van der Waals surface area contributed by atoms with Crippen LogP contribution in [0.25, 0.3) is 10.9 Å². The Labute approximate surface area is 110 Å². The number of hydrogen-bond acceptors (Lipinski definition) is 3. The van der Waals surface area contributed by atoms with Crippen molar-refractivity contribution < 1.29 is 9.53 Å². The van der Waals surface area contributed by atoms with E-state index in [0.29, 0.717) is 5.75 Å². The van der Waals surface area contributed by atoms with Gasteiger partial charge in [-0.05, 0) is 38.2 Å². The highest BCUT2D eigenvalue weighted by molar-refractivity contribution is 6.61. The van der Waals surface area contributed by atoms with Crippen molar-refractivity contribution in [2.75, 3.05) is 20.6 Å². The van der Waals surface area contributed by atoms with Crippen molar-refractivity contribution in [3.63, 3.8) is 0 Å². The normalized spacial score (nSPS) is 11.1. The van der Waals surface area contributed by atoms with Gasteiger partial charge >= 0.3 is 5.43 Å². The Morgan fingerprint density at radius 2 is 2.22 bits per heavy atom. The van der Waals surface area contributed by atoms with E-state index in [9.17, 15) is 4.79 Å². The minimum absolute atomic E-state index is 0.502. The molecule has 2 aromatic rings. The van der Waals surface area contributed by atoms with Gasteiger partial charge in [-0.1, -0.05) is 6.07 Å². The number of aromatic amines is 1. The Morgan fingerprint density at radius 1 is 1.44 bits per heavy atom. The standard InChI is InChI=1S/C13H15ClN2O2/c1-16(2)7-6-9-8-15-10-4-3-5-11(12(9)10)18-13(14)17/h3-5,8,15H,6-7H2,1-2H3. The van der Waals surface area contributed by atoms with Crippen LogP contribution in [0, 0.1) is 0 Å². The quantitative estimate of drug-likeness (QED) is 0.866. The highest BCUT2D eigenvalue weighted by Gasteiger charge is 2.11. The van der Waals surface area contributed by atoms with Gasteiger partial charge in [0.2, 0.25) is 0 Å². The molecule has 0 saturated carbocycles. The molecule has 0 aliphatic carbocycles. The molecule has 0 aliphatic heterocycles. The summed E-state index contributed by atoms with van der Waals surface area (Å²) < 4.78 is 5.03. The number of carbonyl (C=O) groups excluding carboxylic acids is 1. The lowest BCUT2D eigenvalue weighted by Crippen LogP contribution is -2.14. The topological polar surface area (TPSA) is 45.3 Å². The zero-order chi connectivity index (χ0) is 13.1. The SMILES string of the molecule is CN(C)CCc1c[nH]c2cccc(OC(=O)Cl)c12. The van der Waals surface area contributed by atoms with Crippen molar-refractivity contribution in [2.24, 2.45) is 0 Å². The molecule has 1 aromatic carbocycles. The van der Waals surface area contributed by atoms with E-state index >= 15 is 0 Å². The van der Waals surface area contributed by atoms with Gasteiger partial charge in [0.15, 0.2) is 0 Å². The Balaban J connectivity index is 2.38. The highest BCUT2D eigenvalue weighted by atomic mass is 35.5. The van der Waals surface area contributed by atoms with Crippen LogP contribution >= 0.6 is 11.6 Å². The van der Waals surface area contributed by atoms with E-state index < -0.39 is 5.43 Å². The minimum atomic E-state index is -0.817. The van der Waals surface area contributed by atoms with Gasteiger partial charge in [0.25, 0.3) is 0 Å². The van der Waals surface area contributed by atoms with Crippen molar-refractivity contribution in [1.29, 1.82) is 0 Å². The first-order valence-corrected chi connectivity index (χ1v) is 6.06. The number of rotatable bonds is 4. The smallest absolute Gasteiger partial charge is 0.409 e. The fourth-order valence-corrected chi connectivity index (χ4v) is 2.02. The van der Waals surface area contributed by atoms with Crippen LogP contribution in [-0.2, 0) is 6.42 Å². The van der Waals surface area contributed by atoms with Gasteiger partial charge in [-0.2, -0.15) is 0 Å². The van der Waals surface area contributed by atoms with Gasteiger partial charge in [-0.3, -0.25) is 0 Å². The van der Waals surface area contributed by atoms with E-state index in [-0.39, 0.29) is 0 Å². The Kier molecular flexibility index (Phi) is 3.89. The maximum absolute atomic E-state index is 10.9. The van der Waals surface area contributed by atoms with Crippen LogP contribution in [0.15, 0.2) is 24.4 Å². The molecule has 2 rings (SSSR count). The predicted molar refractivity (Wildman–Crippen MR) is 72.4 cm³/mol. The molecule has 0 aliphatic rings. The molecule has 0 atom stereocenters. The predicted octanol–water partition coefficient (Wildman–Crippen LogP) is 3.01. The second-order valence-corrected chi connectivity index (χ2v) is 4.69. The summed E-state index contributed by atoms with van der Waals surface area (Å²) in [6.07, 6.45) is 2.82. The number of H-pyrrole nitrogens is 1. The van der Waals surface area contributed by atoms with Crippen molar-refractivity contribution in [1.82, 2.24) is 9.88 Å². The molecule has 0 bridgehead atoms. The van der Waals surface area contributed by atoms with Crippen LogP contribution in [0.1, 0.15) is 5.56 Å². The second-order valence-electron chi connectivity index (χ2n) is 4.39. The first-order valence-electron chi connectivity index (χ1n) is 5.69. The van der Waals surface area contributed by atoms with Crippen molar-refractivity contribution in [3.05, 3.63) is 30.0 Å². The number of benzene rings is 1. The summed E-state index contributed by atoms with van der Waals surface area (Å²) in [7, 11) is 4.04. The molecule has 4 nitrogen and oxygen atoms in total. The van der Waals surface area contributed by atoms with E-state index in [1.165, 1.54) is 0 Å². The lowest BCUT2D eigenvalue weighted by molar-refractivity contribution is 0.226. The third-order valence-electron chi connectivity index (χ3n) is 2.77. The summed E-state index contributed by atoms with van der Waals surface area (Å²) in [6, 6.07) is 5.51.